The van der Waals surface area contributed by atoms with Crippen molar-refractivity contribution in [3.05, 3.63) is 28.2 Å². The predicted octanol–water partition coefficient (Wildman–Crippen LogP) is 3.03. The molecular formula is C14H21BrN2O. The number of hydrogen-bond acceptors (Lipinski definition) is 3. The summed E-state index contributed by atoms with van der Waals surface area (Å²) in [4.78, 5) is 2.47. The molecule has 0 radical (unpaired) electrons. The van der Waals surface area contributed by atoms with Crippen LogP contribution in [-0.2, 0) is 11.3 Å². The molecule has 0 spiro atoms. The summed E-state index contributed by atoms with van der Waals surface area (Å²) < 4.78 is 6.72. The molecule has 18 heavy (non-hydrogen) atoms. The van der Waals surface area contributed by atoms with Crippen LogP contribution < -0.4 is 5.73 Å². The van der Waals surface area contributed by atoms with Crippen LogP contribution in [0.25, 0.3) is 0 Å². The van der Waals surface area contributed by atoms with Crippen LogP contribution in [-0.4, -0.2) is 30.7 Å². The first kappa shape index (κ1) is 13.8. The topological polar surface area (TPSA) is 38.5 Å². The minimum atomic E-state index is 0.457. The van der Waals surface area contributed by atoms with Crippen molar-refractivity contribution in [3.8, 4) is 0 Å². The van der Waals surface area contributed by atoms with Crippen molar-refractivity contribution < 1.29 is 4.74 Å². The maximum absolute atomic E-state index is 5.86. The number of likely N-dealkylation sites (tertiary alicyclic amines) is 1. The molecule has 0 saturated carbocycles. The molecule has 1 saturated heterocycles. The van der Waals surface area contributed by atoms with Crippen LogP contribution in [0.2, 0.25) is 0 Å². The SMILES string of the molecule is CCOC1CCN(Cc2cc(N)cc(Br)c2)CC1. The summed E-state index contributed by atoms with van der Waals surface area (Å²) in [7, 11) is 0. The summed E-state index contributed by atoms with van der Waals surface area (Å²) in [6.45, 7) is 6.08. The van der Waals surface area contributed by atoms with E-state index in [4.69, 9.17) is 10.5 Å². The van der Waals surface area contributed by atoms with Crippen molar-refractivity contribution in [1.82, 2.24) is 4.90 Å². The van der Waals surface area contributed by atoms with Crippen molar-refractivity contribution in [2.75, 3.05) is 25.4 Å². The first-order valence-electron chi connectivity index (χ1n) is 6.56. The fourth-order valence-electron chi connectivity index (χ4n) is 2.49. The predicted molar refractivity (Wildman–Crippen MR) is 78.5 cm³/mol. The molecule has 1 heterocycles. The summed E-state index contributed by atoms with van der Waals surface area (Å²) >= 11 is 3.49. The minimum Gasteiger partial charge on any atom is -0.399 e. The van der Waals surface area contributed by atoms with Gasteiger partial charge in [0.1, 0.15) is 0 Å². The Hall–Kier alpha value is -0.580. The molecule has 0 aliphatic carbocycles. The van der Waals surface area contributed by atoms with E-state index in [2.05, 4.69) is 39.9 Å². The van der Waals surface area contributed by atoms with Crippen molar-refractivity contribution in [1.29, 1.82) is 0 Å². The molecule has 1 aromatic carbocycles. The number of nitrogens with zero attached hydrogens (tertiary/aromatic N) is 1. The molecule has 100 valence electrons. The van der Waals surface area contributed by atoms with Gasteiger partial charge in [0.05, 0.1) is 6.10 Å². The highest BCUT2D eigenvalue weighted by molar-refractivity contribution is 9.10. The zero-order valence-corrected chi connectivity index (χ0v) is 12.4. The van der Waals surface area contributed by atoms with Gasteiger partial charge < -0.3 is 10.5 Å². The number of benzene rings is 1. The highest BCUT2D eigenvalue weighted by Crippen LogP contribution is 2.21. The Kier molecular flexibility index (Phi) is 5.03. The molecule has 0 unspecified atom stereocenters. The second kappa shape index (κ2) is 6.55. The van der Waals surface area contributed by atoms with E-state index in [9.17, 15) is 0 Å². The number of nitrogen functional groups attached to an aromatic ring is 1. The lowest BCUT2D eigenvalue weighted by Gasteiger charge is -2.31. The molecule has 4 heteroatoms. The average molecular weight is 313 g/mol. The van der Waals surface area contributed by atoms with Gasteiger partial charge >= 0.3 is 0 Å². The van der Waals surface area contributed by atoms with Gasteiger partial charge in [-0.3, -0.25) is 4.90 Å². The Balaban J connectivity index is 1.87. The Labute approximate surface area is 117 Å². The summed E-state index contributed by atoms with van der Waals surface area (Å²) in [6, 6.07) is 6.13. The first-order chi connectivity index (χ1) is 8.67. The van der Waals surface area contributed by atoms with E-state index in [1.807, 2.05) is 6.07 Å². The van der Waals surface area contributed by atoms with E-state index in [0.717, 1.165) is 49.2 Å². The third-order valence-electron chi connectivity index (χ3n) is 3.32. The second-order valence-corrected chi connectivity index (χ2v) is 5.74. The van der Waals surface area contributed by atoms with E-state index < -0.39 is 0 Å². The van der Waals surface area contributed by atoms with E-state index in [1.54, 1.807) is 0 Å². The highest BCUT2D eigenvalue weighted by Gasteiger charge is 2.19. The molecule has 1 aliphatic heterocycles. The number of nitrogens with two attached hydrogens (primary N) is 1. The fourth-order valence-corrected chi connectivity index (χ4v) is 3.05. The average Bonchev–Trinajstić information content (AvgIpc) is 2.31. The van der Waals surface area contributed by atoms with Crippen LogP contribution in [0.1, 0.15) is 25.3 Å². The number of halogens is 1. The van der Waals surface area contributed by atoms with E-state index >= 15 is 0 Å². The monoisotopic (exact) mass is 312 g/mol. The highest BCUT2D eigenvalue weighted by atomic mass is 79.9. The quantitative estimate of drug-likeness (QED) is 0.869. The van der Waals surface area contributed by atoms with Crippen molar-refractivity contribution >= 4 is 21.6 Å². The molecule has 0 atom stereocenters. The van der Waals surface area contributed by atoms with Gasteiger partial charge in [-0.05, 0) is 43.5 Å². The Morgan fingerprint density at radius 1 is 1.33 bits per heavy atom. The lowest BCUT2D eigenvalue weighted by molar-refractivity contribution is 0.0125. The molecule has 2 N–H and O–H groups in total. The zero-order chi connectivity index (χ0) is 13.0. The molecular weight excluding hydrogens is 292 g/mol. The summed E-state index contributed by atoms with van der Waals surface area (Å²) in [5.74, 6) is 0. The maximum atomic E-state index is 5.86. The molecule has 3 nitrogen and oxygen atoms in total. The number of rotatable bonds is 4. The first-order valence-corrected chi connectivity index (χ1v) is 7.35. The third-order valence-corrected chi connectivity index (χ3v) is 3.78. The zero-order valence-electron chi connectivity index (χ0n) is 10.9. The lowest BCUT2D eigenvalue weighted by Crippen LogP contribution is -2.36. The van der Waals surface area contributed by atoms with Crippen molar-refractivity contribution in [3.63, 3.8) is 0 Å². The van der Waals surface area contributed by atoms with Crippen LogP contribution in [0.3, 0.4) is 0 Å². The standard InChI is InChI=1S/C14H21BrN2O/c1-2-18-14-3-5-17(6-4-14)10-11-7-12(15)9-13(16)8-11/h7-9,14H,2-6,10,16H2,1H3. The van der Waals surface area contributed by atoms with Gasteiger partial charge in [-0.2, -0.15) is 0 Å². The van der Waals surface area contributed by atoms with Crippen LogP contribution in [0.5, 0.6) is 0 Å². The molecule has 1 fully saturated rings. The van der Waals surface area contributed by atoms with Crippen LogP contribution in [0.4, 0.5) is 5.69 Å². The number of piperidine rings is 1. The smallest absolute Gasteiger partial charge is 0.0599 e. The summed E-state index contributed by atoms with van der Waals surface area (Å²) in [6.07, 6.45) is 2.73. The third kappa shape index (κ3) is 3.97. The second-order valence-electron chi connectivity index (χ2n) is 4.82. The summed E-state index contributed by atoms with van der Waals surface area (Å²) in [5, 5.41) is 0. The summed E-state index contributed by atoms with van der Waals surface area (Å²) in [5.41, 5.74) is 7.96. The lowest BCUT2D eigenvalue weighted by atomic mass is 10.1. The van der Waals surface area contributed by atoms with Gasteiger partial charge in [0.2, 0.25) is 0 Å². The Bertz CT molecular complexity index is 369. The van der Waals surface area contributed by atoms with E-state index in [-0.39, 0.29) is 0 Å². The molecule has 1 aromatic rings. The van der Waals surface area contributed by atoms with E-state index in [0.29, 0.717) is 6.10 Å². The largest absolute Gasteiger partial charge is 0.399 e. The normalized spacial score (nSPS) is 18.1. The van der Waals surface area contributed by atoms with Crippen LogP contribution >= 0.6 is 15.9 Å². The van der Waals surface area contributed by atoms with Gasteiger partial charge in [0.15, 0.2) is 0 Å². The fraction of sp³-hybridized carbons (Fsp3) is 0.571. The van der Waals surface area contributed by atoms with Gasteiger partial charge in [0.25, 0.3) is 0 Å². The van der Waals surface area contributed by atoms with Crippen molar-refractivity contribution in [2.45, 2.75) is 32.4 Å². The van der Waals surface area contributed by atoms with Gasteiger partial charge in [-0.1, -0.05) is 15.9 Å². The molecule has 0 bridgehead atoms. The van der Waals surface area contributed by atoms with Crippen LogP contribution in [0, 0.1) is 0 Å². The molecule has 1 aliphatic rings. The van der Waals surface area contributed by atoms with E-state index in [1.165, 1.54) is 5.56 Å². The van der Waals surface area contributed by atoms with Gasteiger partial charge in [-0.15, -0.1) is 0 Å². The number of anilines is 1. The Morgan fingerprint density at radius 3 is 2.67 bits per heavy atom. The molecule has 2 rings (SSSR count). The molecule has 0 amide bonds. The van der Waals surface area contributed by atoms with Crippen molar-refractivity contribution in [2.24, 2.45) is 0 Å². The maximum Gasteiger partial charge on any atom is 0.0599 e. The molecule has 0 aromatic heterocycles. The number of hydrogen-bond donors (Lipinski definition) is 1. The minimum absolute atomic E-state index is 0.457. The van der Waals surface area contributed by atoms with Gasteiger partial charge in [0, 0.05) is 36.4 Å². The van der Waals surface area contributed by atoms with Crippen LogP contribution in [0.15, 0.2) is 22.7 Å². The Morgan fingerprint density at radius 2 is 2.06 bits per heavy atom. The number of ether oxygens (including phenoxy) is 1. The van der Waals surface area contributed by atoms with Gasteiger partial charge in [-0.25, -0.2) is 0 Å².